The average Bonchev–Trinajstić information content (AvgIpc) is 3.13. The number of rotatable bonds is 6. The number of halogens is 1. The molecule has 0 amide bonds. The molecule has 25 heavy (non-hydrogen) atoms. The molecule has 1 aliphatic rings. The molecule has 0 unspecified atom stereocenters. The van der Waals surface area contributed by atoms with E-state index in [-0.39, 0.29) is 17.5 Å². The molecule has 0 bridgehead atoms. The third-order valence-electron chi connectivity index (χ3n) is 4.19. The summed E-state index contributed by atoms with van der Waals surface area (Å²) in [5, 5.41) is 13.3. The number of nitrogens with zero attached hydrogens (tertiary/aromatic N) is 5. The molecule has 2 aromatic rings. The Hall–Kier alpha value is -1.51. The highest BCUT2D eigenvalue weighted by molar-refractivity contribution is 7.91. The van der Waals surface area contributed by atoms with Crippen molar-refractivity contribution >= 4 is 21.4 Å². The van der Waals surface area contributed by atoms with Crippen LogP contribution in [-0.4, -0.2) is 57.6 Å². The lowest BCUT2D eigenvalue weighted by molar-refractivity contribution is 0.128. The zero-order chi connectivity index (χ0) is 18.0. The Morgan fingerprint density at radius 1 is 1.32 bits per heavy atom. The van der Waals surface area contributed by atoms with Crippen molar-refractivity contribution in [3.05, 3.63) is 29.3 Å². The molecule has 2 heterocycles. The van der Waals surface area contributed by atoms with Crippen molar-refractivity contribution < 1.29 is 8.42 Å². The summed E-state index contributed by atoms with van der Waals surface area (Å²) in [6, 6.07) is 7.27. The van der Waals surface area contributed by atoms with E-state index in [1.54, 1.807) is 12.1 Å². The first-order valence-corrected chi connectivity index (χ1v) is 10.5. The lowest BCUT2D eigenvalue weighted by Gasteiger charge is -2.28. The quantitative estimate of drug-likeness (QED) is 0.759. The van der Waals surface area contributed by atoms with Gasteiger partial charge >= 0.3 is 0 Å². The van der Waals surface area contributed by atoms with Crippen LogP contribution >= 0.6 is 11.6 Å². The zero-order valence-electron chi connectivity index (χ0n) is 14.3. The molecule has 0 N–H and O–H groups in total. The lowest BCUT2D eigenvalue weighted by Crippen LogP contribution is -2.40. The van der Waals surface area contributed by atoms with Gasteiger partial charge in [0.15, 0.2) is 9.84 Å². The highest BCUT2D eigenvalue weighted by Gasteiger charge is 2.32. The number of aromatic nitrogens is 4. The van der Waals surface area contributed by atoms with E-state index < -0.39 is 9.84 Å². The van der Waals surface area contributed by atoms with Gasteiger partial charge in [0.1, 0.15) is 6.67 Å². The van der Waals surface area contributed by atoms with Gasteiger partial charge in [0.05, 0.1) is 11.5 Å². The second-order valence-electron chi connectivity index (χ2n) is 6.86. The van der Waals surface area contributed by atoms with Crippen molar-refractivity contribution in [3.8, 4) is 11.4 Å². The Kier molecular flexibility index (Phi) is 5.41. The van der Waals surface area contributed by atoms with Crippen LogP contribution in [0.4, 0.5) is 0 Å². The SMILES string of the molecule is CC(C)CN(Cn1nnc(-c2ccc(Cl)cc2)n1)[C@H]1CCS(=O)(=O)C1. The standard InChI is InChI=1S/C16H22ClN5O2S/c1-12(2)9-21(15-7-8-25(23,24)10-15)11-22-19-16(18-20-22)13-3-5-14(17)6-4-13/h3-6,12,15H,7-11H2,1-2H3/t15-/m0/s1. The Morgan fingerprint density at radius 3 is 2.64 bits per heavy atom. The van der Waals surface area contributed by atoms with Gasteiger partial charge < -0.3 is 0 Å². The highest BCUT2D eigenvalue weighted by Crippen LogP contribution is 2.20. The third-order valence-corrected chi connectivity index (χ3v) is 6.19. The van der Waals surface area contributed by atoms with Crippen LogP contribution in [-0.2, 0) is 16.5 Å². The van der Waals surface area contributed by atoms with Gasteiger partial charge in [-0.05, 0) is 41.8 Å². The Bertz CT molecular complexity index is 819. The molecule has 0 spiro atoms. The Labute approximate surface area is 152 Å². The maximum absolute atomic E-state index is 11.8. The van der Waals surface area contributed by atoms with E-state index in [4.69, 9.17) is 11.6 Å². The van der Waals surface area contributed by atoms with E-state index in [0.717, 1.165) is 12.1 Å². The fraction of sp³-hybridized carbons (Fsp3) is 0.562. The molecule has 7 nitrogen and oxygen atoms in total. The molecule has 136 valence electrons. The van der Waals surface area contributed by atoms with Crippen LogP contribution in [0.5, 0.6) is 0 Å². The number of tetrazole rings is 1. The van der Waals surface area contributed by atoms with Crippen molar-refractivity contribution in [2.75, 3.05) is 18.1 Å². The third kappa shape index (κ3) is 4.77. The maximum atomic E-state index is 11.8. The monoisotopic (exact) mass is 383 g/mol. The van der Waals surface area contributed by atoms with Gasteiger partial charge in [-0.1, -0.05) is 25.4 Å². The first-order chi connectivity index (χ1) is 11.8. The smallest absolute Gasteiger partial charge is 0.204 e. The predicted molar refractivity (Wildman–Crippen MR) is 96.9 cm³/mol. The first-order valence-electron chi connectivity index (χ1n) is 8.30. The average molecular weight is 384 g/mol. The lowest BCUT2D eigenvalue weighted by atomic mass is 10.1. The fourth-order valence-electron chi connectivity index (χ4n) is 3.03. The van der Waals surface area contributed by atoms with E-state index in [2.05, 4.69) is 34.2 Å². The largest absolute Gasteiger partial charge is 0.279 e. The van der Waals surface area contributed by atoms with Crippen molar-refractivity contribution in [1.29, 1.82) is 0 Å². The van der Waals surface area contributed by atoms with Crippen molar-refractivity contribution in [3.63, 3.8) is 0 Å². The topological polar surface area (TPSA) is 81.0 Å². The van der Waals surface area contributed by atoms with Gasteiger partial charge in [-0.25, -0.2) is 8.42 Å². The maximum Gasteiger partial charge on any atom is 0.204 e. The summed E-state index contributed by atoms with van der Waals surface area (Å²) >= 11 is 5.90. The molecule has 1 aliphatic heterocycles. The molecule has 0 aliphatic carbocycles. The zero-order valence-corrected chi connectivity index (χ0v) is 15.9. The minimum atomic E-state index is -2.93. The summed E-state index contributed by atoms with van der Waals surface area (Å²) in [5.74, 6) is 1.41. The van der Waals surface area contributed by atoms with E-state index in [0.29, 0.717) is 29.9 Å². The van der Waals surface area contributed by atoms with Gasteiger partial charge in [0.2, 0.25) is 5.82 Å². The van der Waals surface area contributed by atoms with Crippen molar-refractivity contribution in [2.45, 2.75) is 33.0 Å². The molecule has 1 aromatic carbocycles. The Balaban J connectivity index is 1.75. The van der Waals surface area contributed by atoms with Gasteiger partial charge in [-0.3, -0.25) is 4.90 Å². The van der Waals surface area contributed by atoms with Crippen LogP contribution in [0.2, 0.25) is 5.02 Å². The van der Waals surface area contributed by atoms with Gasteiger partial charge in [-0.15, -0.1) is 15.0 Å². The van der Waals surface area contributed by atoms with E-state index in [9.17, 15) is 8.42 Å². The number of hydrogen-bond donors (Lipinski definition) is 0. The van der Waals surface area contributed by atoms with Crippen LogP contribution in [0.25, 0.3) is 11.4 Å². The predicted octanol–water partition coefficient (Wildman–Crippen LogP) is 2.10. The molecule has 3 rings (SSSR count). The molecule has 9 heteroatoms. The molecule has 1 atom stereocenters. The number of hydrogen-bond acceptors (Lipinski definition) is 6. The fourth-order valence-corrected chi connectivity index (χ4v) is 4.92. The van der Waals surface area contributed by atoms with Crippen molar-refractivity contribution in [2.24, 2.45) is 5.92 Å². The van der Waals surface area contributed by atoms with Crippen LogP contribution in [0.15, 0.2) is 24.3 Å². The minimum absolute atomic E-state index is 0.0115. The molecule has 0 saturated carbocycles. The summed E-state index contributed by atoms with van der Waals surface area (Å²) in [6.07, 6.45) is 0.661. The molecular formula is C16H22ClN5O2S. The summed E-state index contributed by atoms with van der Waals surface area (Å²) in [7, 11) is -2.93. The second kappa shape index (κ2) is 7.39. The first kappa shape index (κ1) is 18.3. The minimum Gasteiger partial charge on any atom is -0.279 e. The van der Waals surface area contributed by atoms with Crippen LogP contribution in [0, 0.1) is 5.92 Å². The summed E-state index contributed by atoms with van der Waals surface area (Å²) in [4.78, 5) is 3.67. The van der Waals surface area contributed by atoms with E-state index in [1.165, 1.54) is 4.80 Å². The van der Waals surface area contributed by atoms with Crippen molar-refractivity contribution in [1.82, 2.24) is 25.1 Å². The second-order valence-corrected chi connectivity index (χ2v) is 9.52. The van der Waals surface area contributed by atoms with Gasteiger partial charge in [-0.2, -0.15) is 0 Å². The number of benzene rings is 1. The molecule has 1 fully saturated rings. The van der Waals surface area contributed by atoms with Crippen LogP contribution in [0.3, 0.4) is 0 Å². The summed E-state index contributed by atoms with van der Waals surface area (Å²) in [6.45, 7) is 5.45. The molecule has 1 saturated heterocycles. The molecule has 0 radical (unpaired) electrons. The van der Waals surface area contributed by atoms with E-state index in [1.807, 2.05) is 12.1 Å². The Morgan fingerprint density at radius 2 is 2.04 bits per heavy atom. The normalized spacial score (nSPS) is 19.8. The van der Waals surface area contributed by atoms with Gasteiger partial charge in [0, 0.05) is 23.2 Å². The van der Waals surface area contributed by atoms with Crippen LogP contribution in [0.1, 0.15) is 20.3 Å². The number of sulfone groups is 1. The van der Waals surface area contributed by atoms with Crippen LogP contribution < -0.4 is 0 Å². The van der Waals surface area contributed by atoms with Gasteiger partial charge in [0.25, 0.3) is 0 Å². The molecular weight excluding hydrogens is 362 g/mol. The summed E-state index contributed by atoms with van der Waals surface area (Å²) in [5.41, 5.74) is 0.842. The summed E-state index contributed by atoms with van der Waals surface area (Å²) < 4.78 is 23.6. The van der Waals surface area contributed by atoms with E-state index >= 15 is 0 Å². The highest BCUT2D eigenvalue weighted by atomic mass is 35.5. The molecule has 1 aromatic heterocycles.